The molecule has 13 heavy (non-hydrogen) atoms. The van der Waals surface area contributed by atoms with Gasteiger partial charge in [-0.3, -0.25) is 0 Å². The van der Waals surface area contributed by atoms with Gasteiger partial charge in [-0.15, -0.1) is 0 Å². The van der Waals surface area contributed by atoms with Crippen LogP contribution in [0.5, 0.6) is 0 Å². The summed E-state index contributed by atoms with van der Waals surface area (Å²) in [5, 5.41) is 0. The molecule has 0 amide bonds. The Morgan fingerprint density at radius 3 is 1.69 bits per heavy atom. The van der Waals surface area contributed by atoms with Gasteiger partial charge in [0.05, 0.1) is 0 Å². The van der Waals surface area contributed by atoms with E-state index in [2.05, 4.69) is 20.8 Å². The van der Waals surface area contributed by atoms with Crippen molar-refractivity contribution in [2.24, 2.45) is 11.1 Å². The van der Waals surface area contributed by atoms with Gasteiger partial charge in [0.1, 0.15) is 0 Å². The molecule has 0 aliphatic heterocycles. The summed E-state index contributed by atoms with van der Waals surface area (Å²) in [6, 6.07) is 0. The van der Waals surface area contributed by atoms with E-state index in [1.54, 1.807) is 0 Å². The van der Waals surface area contributed by atoms with Gasteiger partial charge in [-0.1, -0.05) is 46.5 Å². The van der Waals surface area contributed by atoms with Crippen molar-refractivity contribution in [3.05, 3.63) is 0 Å². The van der Waals surface area contributed by atoms with Crippen molar-refractivity contribution in [1.29, 1.82) is 0 Å². The largest absolute Gasteiger partial charge is 0.330 e. The number of rotatable bonds is 8. The van der Waals surface area contributed by atoms with E-state index in [1.807, 2.05) is 0 Å². The molecular formula is C12H27N. The number of unbranched alkanes of at least 4 members (excludes halogenated alkanes) is 2. The molecule has 0 aromatic carbocycles. The highest BCUT2D eigenvalue weighted by Gasteiger charge is 2.21. The minimum absolute atomic E-state index is 0.529. The summed E-state index contributed by atoms with van der Waals surface area (Å²) in [6.07, 6.45) is 9.27. The average molecular weight is 185 g/mol. The van der Waals surface area contributed by atoms with E-state index in [4.69, 9.17) is 5.73 Å². The second kappa shape index (κ2) is 7.37. The first-order chi connectivity index (χ1) is 6.18. The van der Waals surface area contributed by atoms with Gasteiger partial charge in [0, 0.05) is 0 Å². The predicted octanol–water partition coefficient (Wildman–Crippen LogP) is 3.72. The lowest BCUT2D eigenvalue weighted by Gasteiger charge is -2.29. The first kappa shape index (κ1) is 13.0. The maximum atomic E-state index is 5.66. The van der Waals surface area contributed by atoms with Crippen molar-refractivity contribution < 1.29 is 0 Å². The van der Waals surface area contributed by atoms with Crippen LogP contribution >= 0.6 is 0 Å². The van der Waals surface area contributed by atoms with Gasteiger partial charge in [-0.05, 0) is 31.2 Å². The molecule has 1 heteroatoms. The molecule has 0 spiro atoms. The molecule has 0 aliphatic rings. The van der Waals surface area contributed by atoms with Gasteiger partial charge >= 0.3 is 0 Å². The maximum absolute atomic E-state index is 5.66. The van der Waals surface area contributed by atoms with E-state index in [1.165, 1.54) is 44.9 Å². The molecule has 0 aromatic rings. The summed E-state index contributed by atoms with van der Waals surface area (Å²) in [5.74, 6) is 0. The Morgan fingerprint density at radius 1 is 0.923 bits per heavy atom. The highest BCUT2D eigenvalue weighted by molar-refractivity contribution is 4.74. The van der Waals surface area contributed by atoms with Crippen LogP contribution in [0.1, 0.15) is 65.7 Å². The monoisotopic (exact) mass is 185 g/mol. The Hall–Kier alpha value is -0.0400. The molecule has 0 rings (SSSR count). The molecule has 0 unspecified atom stereocenters. The van der Waals surface area contributed by atoms with E-state index in [0.29, 0.717) is 5.41 Å². The Labute approximate surface area is 84.1 Å². The molecule has 80 valence electrons. The molecule has 0 saturated carbocycles. The first-order valence-electron chi connectivity index (χ1n) is 5.88. The van der Waals surface area contributed by atoms with Crippen LogP contribution in [0.15, 0.2) is 0 Å². The second-order valence-electron chi connectivity index (χ2n) is 4.56. The Kier molecular flexibility index (Phi) is 7.35. The van der Waals surface area contributed by atoms with Crippen molar-refractivity contribution in [2.45, 2.75) is 65.7 Å². The lowest BCUT2D eigenvalue weighted by molar-refractivity contribution is 0.239. The van der Waals surface area contributed by atoms with E-state index >= 15 is 0 Å². The molecule has 0 aromatic heterocycles. The van der Waals surface area contributed by atoms with Crippen LogP contribution < -0.4 is 5.73 Å². The van der Waals surface area contributed by atoms with Gasteiger partial charge in [-0.2, -0.15) is 0 Å². The van der Waals surface area contributed by atoms with E-state index in [0.717, 1.165) is 6.54 Å². The zero-order chi connectivity index (χ0) is 10.2. The fourth-order valence-electron chi connectivity index (χ4n) is 1.93. The van der Waals surface area contributed by atoms with E-state index in [-0.39, 0.29) is 0 Å². The smallest absolute Gasteiger partial charge is 0.00721 e. The number of hydrogen-bond acceptors (Lipinski definition) is 1. The van der Waals surface area contributed by atoms with E-state index in [9.17, 15) is 0 Å². The Bertz CT molecular complexity index is 102. The maximum Gasteiger partial charge on any atom is -0.00721 e. The Balaban J connectivity index is 3.84. The molecule has 2 N–H and O–H groups in total. The summed E-state index contributed by atoms with van der Waals surface area (Å²) >= 11 is 0. The molecule has 0 radical (unpaired) electrons. The summed E-state index contributed by atoms with van der Waals surface area (Å²) < 4.78 is 0. The number of nitrogens with two attached hydrogens (primary N) is 1. The lowest BCUT2D eigenvalue weighted by atomic mass is 9.77. The van der Waals surface area contributed by atoms with Gasteiger partial charge in [0.2, 0.25) is 0 Å². The zero-order valence-corrected chi connectivity index (χ0v) is 9.73. The van der Waals surface area contributed by atoms with Gasteiger partial charge < -0.3 is 5.73 Å². The minimum Gasteiger partial charge on any atom is -0.330 e. The normalized spacial score (nSPS) is 12.0. The molecule has 1 nitrogen and oxygen atoms in total. The zero-order valence-electron chi connectivity index (χ0n) is 9.73. The van der Waals surface area contributed by atoms with Crippen molar-refractivity contribution >= 4 is 0 Å². The second-order valence-corrected chi connectivity index (χ2v) is 4.56. The lowest BCUT2D eigenvalue weighted by Crippen LogP contribution is -2.20. The molecule has 0 atom stereocenters. The van der Waals surface area contributed by atoms with Crippen LogP contribution in [0.25, 0.3) is 0 Å². The molecule has 0 aliphatic carbocycles. The van der Waals surface area contributed by atoms with Crippen LogP contribution in [0.4, 0.5) is 0 Å². The van der Waals surface area contributed by atoms with Crippen molar-refractivity contribution in [1.82, 2.24) is 0 Å². The predicted molar refractivity (Wildman–Crippen MR) is 60.8 cm³/mol. The van der Waals surface area contributed by atoms with Gasteiger partial charge in [0.15, 0.2) is 0 Å². The van der Waals surface area contributed by atoms with Crippen LogP contribution in [-0.2, 0) is 0 Å². The van der Waals surface area contributed by atoms with Crippen molar-refractivity contribution in [2.75, 3.05) is 6.54 Å². The minimum atomic E-state index is 0.529. The van der Waals surface area contributed by atoms with Crippen LogP contribution in [0, 0.1) is 5.41 Å². The molecule has 0 heterocycles. The standard InChI is InChI=1S/C12H27N/c1-4-6-8-12(3,10-11-13)9-7-5-2/h4-11,13H2,1-3H3. The fourth-order valence-corrected chi connectivity index (χ4v) is 1.93. The molecular weight excluding hydrogens is 158 g/mol. The third kappa shape index (κ3) is 6.09. The quantitative estimate of drug-likeness (QED) is 0.613. The first-order valence-corrected chi connectivity index (χ1v) is 5.88. The summed E-state index contributed by atoms with van der Waals surface area (Å²) in [4.78, 5) is 0. The summed E-state index contributed by atoms with van der Waals surface area (Å²) in [6.45, 7) is 7.79. The third-order valence-electron chi connectivity index (χ3n) is 3.02. The number of hydrogen-bond donors (Lipinski definition) is 1. The summed E-state index contributed by atoms with van der Waals surface area (Å²) in [5.41, 5.74) is 6.19. The SMILES string of the molecule is CCCCC(C)(CCN)CCCC. The topological polar surface area (TPSA) is 26.0 Å². The molecule has 0 fully saturated rings. The molecule has 0 bridgehead atoms. The van der Waals surface area contributed by atoms with Gasteiger partial charge in [-0.25, -0.2) is 0 Å². The average Bonchev–Trinajstić information content (AvgIpc) is 2.12. The van der Waals surface area contributed by atoms with Crippen LogP contribution in [0.2, 0.25) is 0 Å². The highest BCUT2D eigenvalue weighted by atomic mass is 14.5. The highest BCUT2D eigenvalue weighted by Crippen LogP contribution is 2.33. The van der Waals surface area contributed by atoms with E-state index < -0.39 is 0 Å². The van der Waals surface area contributed by atoms with Crippen molar-refractivity contribution in [3.8, 4) is 0 Å². The third-order valence-corrected chi connectivity index (χ3v) is 3.02. The van der Waals surface area contributed by atoms with Crippen LogP contribution in [-0.4, -0.2) is 6.54 Å². The Morgan fingerprint density at radius 2 is 1.38 bits per heavy atom. The van der Waals surface area contributed by atoms with Gasteiger partial charge in [0.25, 0.3) is 0 Å². The fraction of sp³-hybridized carbons (Fsp3) is 1.00. The van der Waals surface area contributed by atoms with Crippen molar-refractivity contribution in [3.63, 3.8) is 0 Å². The summed E-state index contributed by atoms with van der Waals surface area (Å²) in [7, 11) is 0. The van der Waals surface area contributed by atoms with Crippen LogP contribution in [0.3, 0.4) is 0 Å². The molecule has 0 saturated heterocycles.